The fourth-order valence-electron chi connectivity index (χ4n) is 3.50. The minimum absolute atomic E-state index is 0.415. The molecule has 0 amide bonds. The first kappa shape index (κ1) is 12.1. The van der Waals surface area contributed by atoms with Gasteiger partial charge in [0.2, 0.25) is 0 Å². The van der Waals surface area contributed by atoms with Gasteiger partial charge in [0, 0.05) is 43.0 Å². The van der Waals surface area contributed by atoms with Crippen LogP contribution in [0.3, 0.4) is 0 Å². The van der Waals surface area contributed by atoms with Crippen LogP contribution in [0.4, 0.5) is 0 Å². The highest BCUT2D eigenvalue weighted by molar-refractivity contribution is 5.10. The Morgan fingerprint density at radius 3 is 2.56 bits per heavy atom. The van der Waals surface area contributed by atoms with Crippen LogP contribution >= 0.6 is 0 Å². The topological polar surface area (TPSA) is 42.1 Å². The molecule has 2 N–H and O–H groups in total. The first-order valence-electron chi connectivity index (χ1n) is 7.23. The third-order valence-corrected chi connectivity index (χ3v) is 4.58. The molecule has 1 atom stereocenters. The van der Waals surface area contributed by atoms with Gasteiger partial charge in [-0.25, -0.2) is 0 Å². The molecule has 2 fully saturated rings. The van der Waals surface area contributed by atoms with Crippen LogP contribution in [0, 0.1) is 0 Å². The zero-order chi connectivity index (χ0) is 12.4. The van der Waals surface area contributed by atoms with E-state index in [9.17, 15) is 0 Å². The summed E-state index contributed by atoms with van der Waals surface area (Å²) in [6.07, 6.45) is 8.30. The molecule has 2 heterocycles. The maximum absolute atomic E-state index is 6.00. The van der Waals surface area contributed by atoms with Gasteiger partial charge >= 0.3 is 0 Å². The zero-order valence-electron chi connectivity index (χ0n) is 11.0. The lowest BCUT2D eigenvalue weighted by molar-refractivity contribution is 0.179. The van der Waals surface area contributed by atoms with Crippen LogP contribution in [0.2, 0.25) is 0 Å². The molecule has 0 aromatic carbocycles. The maximum atomic E-state index is 6.00. The van der Waals surface area contributed by atoms with Crippen molar-refractivity contribution in [3.8, 4) is 0 Å². The predicted molar refractivity (Wildman–Crippen MR) is 73.4 cm³/mol. The van der Waals surface area contributed by atoms with Gasteiger partial charge in [-0.05, 0) is 44.2 Å². The van der Waals surface area contributed by atoms with Crippen molar-refractivity contribution >= 4 is 0 Å². The Morgan fingerprint density at radius 1 is 1.11 bits per heavy atom. The predicted octanol–water partition coefficient (Wildman–Crippen LogP) is 2.14. The lowest BCUT2D eigenvalue weighted by Gasteiger charge is -2.34. The fraction of sp³-hybridized carbons (Fsp3) is 0.667. The molecule has 98 valence electrons. The van der Waals surface area contributed by atoms with Crippen molar-refractivity contribution in [1.29, 1.82) is 0 Å². The first-order valence-corrected chi connectivity index (χ1v) is 7.23. The van der Waals surface area contributed by atoms with E-state index in [1.54, 1.807) is 0 Å². The van der Waals surface area contributed by atoms with Crippen LogP contribution in [-0.2, 0) is 0 Å². The summed E-state index contributed by atoms with van der Waals surface area (Å²) in [5.41, 5.74) is 7.28. The monoisotopic (exact) mass is 245 g/mol. The molecule has 2 aliphatic rings. The summed E-state index contributed by atoms with van der Waals surface area (Å²) in [5, 5.41) is 0. The lowest BCUT2D eigenvalue weighted by atomic mass is 9.83. The molecule has 1 saturated heterocycles. The molecule has 1 aromatic heterocycles. The molecule has 0 bridgehead atoms. The second kappa shape index (κ2) is 5.37. The summed E-state index contributed by atoms with van der Waals surface area (Å²) < 4.78 is 0. The molecule has 1 aliphatic heterocycles. The van der Waals surface area contributed by atoms with Gasteiger partial charge in [0.05, 0.1) is 0 Å². The van der Waals surface area contributed by atoms with Gasteiger partial charge in [-0.1, -0.05) is 6.07 Å². The molecule has 1 unspecified atom stereocenters. The number of aromatic nitrogens is 1. The molecular weight excluding hydrogens is 222 g/mol. The van der Waals surface area contributed by atoms with Gasteiger partial charge in [0.25, 0.3) is 0 Å². The number of likely N-dealkylation sites (tertiary alicyclic amines) is 1. The van der Waals surface area contributed by atoms with Gasteiger partial charge in [-0.15, -0.1) is 0 Å². The lowest BCUT2D eigenvalue weighted by Crippen LogP contribution is -2.37. The summed E-state index contributed by atoms with van der Waals surface area (Å²) in [5.74, 6) is 0.679. The number of hydrogen-bond donors (Lipinski definition) is 1. The van der Waals surface area contributed by atoms with Crippen molar-refractivity contribution in [3.05, 3.63) is 30.1 Å². The number of pyridine rings is 1. The quantitative estimate of drug-likeness (QED) is 0.868. The Morgan fingerprint density at radius 2 is 1.94 bits per heavy atom. The largest absolute Gasteiger partial charge is 0.326 e. The van der Waals surface area contributed by atoms with Crippen molar-refractivity contribution in [1.82, 2.24) is 9.88 Å². The normalized spacial score (nSPS) is 33.7. The highest BCUT2D eigenvalue weighted by Crippen LogP contribution is 2.34. The Bertz CT molecular complexity index is 371. The van der Waals surface area contributed by atoms with Crippen LogP contribution in [-0.4, -0.2) is 35.1 Å². The summed E-state index contributed by atoms with van der Waals surface area (Å²) in [6, 6.07) is 7.47. The van der Waals surface area contributed by atoms with E-state index in [4.69, 9.17) is 5.73 Å². The third-order valence-electron chi connectivity index (χ3n) is 4.58. The van der Waals surface area contributed by atoms with E-state index in [2.05, 4.69) is 22.0 Å². The molecule has 1 aliphatic carbocycles. The van der Waals surface area contributed by atoms with E-state index in [-0.39, 0.29) is 0 Å². The zero-order valence-corrected chi connectivity index (χ0v) is 11.0. The summed E-state index contributed by atoms with van der Waals surface area (Å²) in [4.78, 5) is 7.11. The number of nitrogens with two attached hydrogens (primary N) is 1. The Labute approximate surface area is 109 Å². The van der Waals surface area contributed by atoms with E-state index < -0.39 is 0 Å². The second-order valence-electron chi connectivity index (χ2n) is 5.80. The standard InChI is InChI=1S/C15H23N3/c16-13-8-10-18(11-13)14-6-4-12(5-7-14)15-3-1-2-9-17-15/h1-3,9,12-14H,4-8,10-11,16H2/t12-,13?,14-. The molecule has 18 heavy (non-hydrogen) atoms. The summed E-state index contributed by atoms with van der Waals surface area (Å²) >= 11 is 0. The molecule has 3 heteroatoms. The second-order valence-corrected chi connectivity index (χ2v) is 5.80. The first-order chi connectivity index (χ1) is 8.83. The van der Waals surface area contributed by atoms with Crippen molar-refractivity contribution in [2.45, 2.75) is 50.1 Å². The number of nitrogens with zero attached hydrogens (tertiary/aromatic N) is 2. The number of hydrogen-bond acceptors (Lipinski definition) is 3. The van der Waals surface area contributed by atoms with E-state index >= 15 is 0 Å². The van der Waals surface area contributed by atoms with Gasteiger partial charge in [0.15, 0.2) is 0 Å². The Balaban J connectivity index is 1.55. The average Bonchev–Trinajstić information content (AvgIpc) is 2.87. The highest BCUT2D eigenvalue weighted by Gasteiger charge is 2.30. The summed E-state index contributed by atoms with van der Waals surface area (Å²) in [6.45, 7) is 2.32. The molecule has 0 spiro atoms. The Hall–Kier alpha value is -0.930. The minimum Gasteiger partial charge on any atom is -0.326 e. The molecule has 3 rings (SSSR count). The SMILES string of the molecule is NC1CCN([C@H]2CC[C@H](c3ccccn3)CC2)C1. The Kier molecular flexibility index (Phi) is 3.62. The van der Waals surface area contributed by atoms with Crippen LogP contribution in [0.25, 0.3) is 0 Å². The van der Waals surface area contributed by atoms with E-state index in [1.807, 2.05) is 12.3 Å². The summed E-state index contributed by atoms with van der Waals surface area (Å²) in [7, 11) is 0. The van der Waals surface area contributed by atoms with Gasteiger partial charge in [-0.2, -0.15) is 0 Å². The molecule has 0 radical (unpaired) electrons. The number of rotatable bonds is 2. The van der Waals surface area contributed by atoms with Gasteiger partial charge in [0.1, 0.15) is 0 Å². The van der Waals surface area contributed by atoms with Crippen LogP contribution in [0.1, 0.15) is 43.7 Å². The van der Waals surface area contributed by atoms with E-state index in [0.717, 1.165) is 12.6 Å². The molecule has 3 nitrogen and oxygen atoms in total. The fourth-order valence-corrected chi connectivity index (χ4v) is 3.50. The average molecular weight is 245 g/mol. The minimum atomic E-state index is 0.415. The third kappa shape index (κ3) is 2.57. The molecule has 1 saturated carbocycles. The molecular formula is C15H23N3. The van der Waals surface area contributed by atoms with Crippen LogP contribution in [0.15, 0.2) is 24.4 Å². The highest BCUT2D eigenvalue weighted by atomic mass is 15.2. The van der Waals surface area contributed by atoms with Crippen LogP contribution in [0.5, 0.6) is 0 Å². The van der Waals surface area contributed by atoms with Crippen LogP contribution < -0.4 is 5.73 Å². The van der Waals surface area contributed by atoms with E-state index in [0.29, 0.717) is 12.0 Å². The maximum Gasteiger partial charge on any atom is 0.0434 e. The van der Waals surface area contributed by atoms with Crippen molar-refractivity contribution in [3.63, 3.8) is 0 Å². The van der Waals surface area contributed by atoms with Crippen molar-refractivity contribution < 1.29 is 0 Å². The smallest absolute Gasteiger partial charge is 0.0434 e. The van der Waals surface area contributed by atoms with Gasteiger partial charge < -0.3 is 5.73 Å². The molecule has 1 aromatic rings. The van der Waals surface area contributed by atoms with Gasteiger partial charge in [-0.3, -0.25) is 9.88 Å². The van der Waals surface area contributed by atoms with Crippen molar-refractivity contribution in [2.75, 3.05) is 13.1 Å². The van der Waals surface area contributed by atoms with E-state index in [1.165, 1.54) is 44.3 Å². The van der Waals surface area contributed by atoms with Crippen molar-refractivity contribution in [2.24, 2.45) is 5.73 Å².